The smallest absolute Gasteiger partial charge is 0.253 e. The maximum atomic E-state index is 12.4. The van der Waals surface area contributed by atoms with Gasteiger partial charge >= 0.3 is 0 Å². The quantitative estimate of drug-likeness (QED) is 0.856. The first-order chi connectivity index (χ1) is 10.5. The van der Waals surface area contributed by atoms with Gasteiger partial charge in [0, 0.05) is 38.1 Å². The highest BCUT2D eigenvalue weighted by molar-refractivity contribution is 5.95. The van der Waals surface area contributed by atoms with Crippen LogP contribution in [0.3, 0.4) is 0 Å². The summed E-state index contributed by atoms with van der Waals surface area (Å²) in [4.78, 5) is 14.0. The van der Waals surface area contributed by atoms with E-state index >= 15 is 0 Å². The molecule has 0 spiro atoms. The van der Waals surface area contributed by atoms with Gasteiger partial charge in [-0.15, -0.1) is 0 Å². The van der Waals surface area contributed by atoms with Crippen molar-refractivity contribution in [3.05, 3.63) is 42.2 Å². The maximum Gasteiger partial charge on any atom is 0.253 e. The fraction of sp³-hybridized carbons (Fsp3) is 0.375. The van der Waals surface area contributed by atoms with Crippen LogP contribution in [0.5, 0.6) is 0 Å². The molecule has 2 aromatic rings. The van der Waals surface area contributed by atoms with Gasteiger partial charge in [-0.3, -0.25) is 9.48 Å². The number of carbonyl (C=O) groups excluding carboxylic acids is 1. The molecule has 2 rings (SSSR count). The van der Waals surface area contributed by atoms with Gasteiger partial charge in [-0.2, -0.15) is 5.10 Å². The highest BCUT2D eigenvalue weighted by Crippen LogP contribution is 2.17. The zero-order chi connectivity index (χ0) is 16.1. The number of nitrogens with zero attached hydrogens (tertiary/aromatic N) is 3. The highest BCUT2D eigenvalue weighted by atomic mass is 16.3. The van der Waals surface area contributed by atoms with Crippen molar-refractivity contribution in [1.82, 2.24) is 14.7 Å². The van der Waals surface area contributed by atoms with E-state index in [1.165, 1.54) is 0 Å². The maximum absolute atomic E-state index is 12.4. The SMILES string of the molecule is CC(O)CCN(C)C(=O)c1cccc(Nc2cnn(C)c2)c1. The molecule has 6 heteroatoms. The third-order valence-electron chi connectivity index (χ3n) is 3.33. The van der Waals surface area contributed by atoms with E-state index in [1.54, 1.807) is 35.8 Å². The fourth-order valence-corrected chi connectivity index (χ4v) is 2.08. The van der Waals surface area contributed by atoms with E-state index < -0.39 is 6.10 Å². The Kier molecular flexibility index (Phi) is 5.16. The molecular weight excluding hydrogens is 280 g/mol. The first kappa shape index (κ1) is 16.0. The van der Waals surface area contributed by atoms with E-state index in [4.69, 9.17) is 0 Å². The average Bonchev–Trinajstić information content (AvgIpc) is 2.89. The van der Waals surface area contributed by atoms with Crippen molar-refractivity contribution in [2.45, 2.75) is 19.4 Å². The van der Waals surface area contributed by atoms with Gasteiger partial charge in [0.25, 0.3) is 5.91 Å². The predicted octanol–water partition coefficient (Wildman–Crippen LogP) is 2.01. The first-order valence-corrected chi connectivity index (χ1v) is 7.25. The van der Waals surface area contributed by atoms with E-state index in [-0.39, 0.29) is 5.91 Å². The first-order valence-electron chi connectivity index (χ1n) is 7.25. The molecule has 1 aromatic heterocycles. The monoisotopic (exact) mass is 302 g/mol. The molecule has 0 fully saturated rings. The Morgan fingerprint density at radius 3 is 2.86 bits per heavy atom. The van der Waals surface area contributed by atoms with E-state index in [1.807, 2.05) is 31.4 Å². The van der Waals surface area contributed by atoms with Crippen LogP contribution in [0, 0.1) is 0 Å². The third kappa shape index (κ3) is 4.33. The molecule has 1 heterocycles. The highest BCUT2D eigenvalue weighted by Gasteiger charge is 2.12. The summed E-state index contributed by atoms with van der Waals surface area (Å²) in [5.74, 6) is -0.0597. The second kappa shape index (κ2) is 7.09. The van der Waals surface area contributed by atoms with E-state index in [0.717, 1.165) is 11.4 Å². The summed E-state index contributed by atoms with van der Waals surface area (Å²) in [6.45, 7) is 2.24. The number of aromatic nitrogens is 2. The second-order valence-electron chi connectivity index (χ2n) is 5.47. The van der Waals surface area contributed by atoms with Crippen molar-refractivity contribution in [2.24, 2.45) is 7.05 Å². The molecule has 0 saturated carbocycles. The molecule has 6 nitrogen and oxygen atoms in total. The van der Waals surface area contributed by atoms with Gasteiger partial charge in [0.1, 0.15) is 0 Å². The lowest BCUT2D eigenvalue weighted by Gasteiger charge is -2.18. The molecule has 0 aliphatic heterocycles. The van der Waals surface area contributed by atoms with Crippen molar-refractivity contribution in [2.75, 3.05) is 18.9 Å². The molecule has 1 unspecified atom stereocenters. The Hall–Kier alpha value is -2.34. The fourth-order valence-electron chi connectivity index (χ4n) is 2.08. The summed E-state index contributed by atoms with van der Waals surface area (Å²) in [5, 5.41) is 16.6. The summed E-state index contributed by atoms with van der Waals surface area (Å²) in [5.41, 5.74) is 2.32. The Labute approximate surface area is 130 Å². The molecular formula is C16H22N4O2. The molecule has 1 atom stereocenters. The van der Waals surface area contributed by atoms with Crippen LogP contribution in [0.25, 0.3) is 0 Å². The number of rotatable bonds is 6. The molecule has 0 aliphatic rings. The number of aryl methyl sites for hydroxylation is 1. The van der Waals surface area contributed by atoms with Gasteiger partial charge in [-0.05, 0) is 31.5 Å². The van der Waals surface area contributed by atoms with E-state index in [9.17, 15) is 9.90 Å². The lowest BCUT2D eigenvalue weighted by atomic mass is 10.1. The summed E-state index contributed by atoms with van der Waals surface area (Å²) < 4.78 is 1.71. The summed E-state index contributed by atoms with van der Waals surface area (Å²) in [7, 11) is 3.59. The number of hydrogen-bond acceptors (Lipinski definition) is 4. The predicted molar refractivity (Wildman–Crippen MR) is 86.2 cm³/mol. The number of aliphatic hydroxyl groups excluding tert-OH is 1. The Bertz CT molecular complexity index is 637. The van der Waals surface area contributed by atoms with E-state index in [0.29, 0.717) is 18.5 Å². The minimum Gasteiger partial charge on any atom is -0.393 e. The molecule has 22 heavy (non-hydrogen) atoms. The molecule has 2 N–H and O–H groups in total. The average molecular weight is 302 g/mol. The van der Waals surface area contributed by atoms with Crippen LogP contribution in [0.2, 0.25) is 0 Å². The molecule has 0 bridgehead atoms. The van der Waals surface area contributed by atoms with Crippen LogP contribution < -0.4 is 5.32 Å². The van der Waals surface area contributed by atoms with Gasteiger partial charge < -0.3 is 15.3 Å². The van der Waals surface area contributed by atoms with Crippen LogP contribution in [0.1, 0.15) is 23.7 Å². The molecule has 1 aromatic carbocycles. The summed E-state index contributed by atoms with van der Waals surface area (Å²) in [6.07, 6.45) is 3.75. The standard InChI is InChI=1S/C16H22N4O2/c1-12(21)7-8-19(2)16(22)13-5-4-6-14(9-13)18-15-10-17-20(3)11-15/h4-6,9-12,18,21H,7-8H2,1-3H3. The van der Waals surface area contributed by atoms with Crippen LogP contribution >= 0.6 is 0 Å². The van der Waals surface area contributed by atoms with Crippen molar-refractivity contribution >= 4 is 17.3 Å². The number of carbonyl (C=O) groups is 1. The molecule has 118 valence electrons. The third-order valence-corrected chi connectivity index (χ3v) is 3.33. The van der Waals surface area contributed by atoms with Crippen molar-refractivity contribution < 1.29 is 9.90 Å². The number of hydrogen-bond donors (Lipinski definition) is 2. The molecule has 0 aliphatic carbocycles. The topological polar surface area (TPSA) is 70.4 Å². The van der Waals surface area contributed by atoms with E-state index in [2.05, 4.69) is 10.4 Å². The molecule has 0 radical (unpaired) electrons. The number of aliphatic hydroxyl groups is 1. The van der Waals surface area contributed by atoms with Crippen molar-refractivity contribution in [3.63, 3.8) is 0 Å². The van der Waals surface area contributed by atoms with Crippen molar-refractivity contribution in [3.8, 4) is 0 Å². The zero-order valence-corrected chi connectivity index (χ0v) is 13.2. The van der Waals surface area contributed by atoms with Crippen LogP contribution in [-0.2, 0) is 7.05 Å². The van der Waals surface area contributed by atoms with Gasteiger partial charge in [0.05, 0.1) is 18.0 Å². The lowest BCUT2D eigenvalue weighted by molar-refractivity contribution is 0.0769. The lowest BCUT2D eigenvalue weighted by Crippen LogP contribution is -2.29. The number of anilines is 2. The zero-order valence-electron chi connectivity index (χ0n) is 13.2. The summed E-state index contributed by atoms with van der Waals surface area (Å²) in [6, 6.07) is 7.35. The van der Waals surface area contributed by atoms with Gasteiger partial charge in [0.15, 0.2) is 0 Å². The second-order valence-corrected chi connectivity index (χ2v) is 5.47. The number of benzene rings is 1. The Morgan fingerprint density at radius 1 is 1.45 bits per heavy atom. The molecule has 0 saturated heterocycles. The Morgan fingerprint density at radius 2 is 2.23 bits per heavy atom. The van der Waals surface area contributed by atoms with Gasteiger partial charge in [-0.1, -0.05) is 6.07 Å². The summed E-state index contributed by atoms with van der Waals surface area (Å²) >= 11 is 0. The van der Waals surface area contributed by atoms with Crippen molar-refractivity contribution in [1.29, 1.82) is 0 Å². The van der Waals surface area contributed by atoms with Crippen LogP contribution in [0.15, 0.2) is 36.7 Å². The van der Waals surface area contributed by atoms with Gasteiger partial charge in [-0.25, -0.2) is 0 Å². The minimum atomic E-state index is -0.408. The minimum absolute atomic E-state index is 0.0597. The van der Waals surface area contributed by atoms with Crippen LogP contribution in [-0.4, -0.2) is 45.4 Å². The van der Waals surface area contributed by atoms with Crippen LogP contribution in [0.4, 0.5) is 11.4 Å². The van der Waals surface area contributed by atoms with Gasteiger partial charge in [0.2, 0.25) is 0 Å². The Balaban J connectivity index is 2.05. The number of nitrogens with one attached hydrogen (secondary N) is 1. The number of amides is 1. The molecule has 1 amide bonds. The largest absolute Gasteiger partial charge is 0.393 e. The normalized spacial score (nSPS) is 12.0.